The van der Waals surface area contributed by atoms with Gasteiger partial charge in [-0.3, -0.25) is 4.98 Å². The van der Waals surface area contributed by atoms with E-state index in [4.69, 9.17) is 4.42 Å². The van der Waals surface area contributed by atoms with E-state index in [2.05, 4.69) is 41.2 Å². The van der Waals surface area contributed by atoms with Gasteiger partial charge in [-0.2, -0.15) is 0 Å². The molecule has 3 aromatic heterocycles. The van der Waals surface area contributed by atoms with Gasteiger partial charge in [-0.25, -0.2) is 4.98 Å². The van der Waals surface area contributed by atoms with E-state index in [1.807, 2.05) is 25.3 Å². The molecule has 3 nitrogen and oxygen atoms in total. The molecule has 0 radical (unpaired) electrons. The monoisotopic (exact) mass is 288 g/mol. The third-order valence-corrected chi connectivity index (χ3v) is 4.04. The number of fused-ring (bicyclic) bond motifs is 3. The molecule has 0 amide bonds. The molecule has 0 unspecified atom stereocenters. The minimum absolute atomic E-state index is 0.842. The Hall–Kier alpha value is -2.68. The van der Waals surface area contributed by atoms with Gasteiger partial charge in [0.2, 0.25) is 0 Å². The molecule has 108 valence electrons. The van der Waals surface area contributed by atoms with Crippen molar-refractivity contribution < 1.29 is 4.42 Å². The van der Waals surface area contributed by atoms with Crippen LogP contribution in [0.3, 0.4) is 0 Å². The minimum Gasteiger partial charge on any atom is -0.462 e. The highest BCUT2D eigenvalue weighted by atomic mass is 16.3. The highest BCUT2D eigenvalue weighted by molar-refractivity contribution is 6.09. The number of pyridine rings is 2. The molecule has 0 aliphatic heterocycles. The highest BCUT2D eigenvalue weighted by Gasteiger charge is 2.13. The number of aryl methyl sites for hydroxylation is 2. The first-order valence-corrected chi connectivity index (χ1v) is 7.49. The van der Waals surface area contributed by atoms with Crippen molar-refractivity contribution in [1.82, 2.24) is 9.97 Å². The Morgan fingerprint density at radius 1 is 1.09 bits per heavy atom. The lowest BCUT2D eigenvalue weighted by atomic mass is 10.0. The number of hydrogen-bond donors (Lipinski definition) is 0. The quantitative estimate of drug-likeness (QED) is 0.526. The summed E-state index contributed by atoms with van der Waals surface area (Å²) in [6, 6.07) is 12.5. The molecule has 0 N–H and O–H groups in total. The van der Waals surface area contributed by atoms with Gasteiger partial charge in [0.25, 0.3) is 0 Å². The summed E-state index contributed by atoms with van der Waals surface area (Å²) in [7, 11) is 0. The van der Waals surface area contributed by atoms with E-state index < -0.39 is 0 Å². The summed E-state index contributed by atoms with van der Waals surface area (Å²) in [6.45, 7) is 4.15. The maximum absolute atomic E-state index is 5.64. The van der Waals surface area contributed by atoms with Crippen LogP contribution >= 0.6 is 0 Å². The van der Waals surface area contributed by atoms with Gasteiger partial charge in [-0.15, -0.1) is 0 Å². The lowest BCUT2D eigenvalue weighted by Gasteiger charge is -2.08. The molecule has 1 aromatic carbocycles. The lowest BCUT2D eigenvalue weighted by molar-refractivity contribution is 0.618. The van der Waals surface area contributed by atoms with Crippen molar-refractivity contribution in [2.24, 2.45) is 0 Å². The van der Waals surface area contributed by atoms with Crippen LogP contribution in [0.2, 0.25) is 0 Å². The van der Waals surface area contributed by atoms with Gasteiger partial charge in [0.15, 0.2) is 5.58 Å². The molecular weight excluding hydrogens is 272 g/mol. The Balaban J connectivity index is 2.10. The molecule has 0 bridgehead atoms. The first-order chi connectivity index (χ1) is 10.8. The van der Waals surface area contributed by atoms with Crippen molar-refractivity contribution in [3.8, 4) is 11.3 Å². The summed E-state index contributed by atoms with van der Waals surface area (Å²) >= 11 is 0. The van der Waals surface area contributed by atoms with Crippen LogP contribution in [0.4, 0.5) is 0 Å². The van der Waals surface area contributed by atoms with Crippen LogP contribution in [-0.2, 0) is 6.42 Å². The van der Waals surface area contributed by atoms with Crippen molar-refractivity contribution in [3.63, 3.8) is 0 Å². The zero-order valence-corrected chi connectivity index (χ0v) is 12.6. The molecule has 0 saturated heterocycles. The van der Waals surface area contributed by atoms with Gasteiger partial charge < -0.3 is 4.42 Å². The standard InChI is InChI=1S/C19H16N2O/c1-3-13-6-8-20-17(10-13)16-11-14-7-9-22-19(14)18-15(16)5-4-12(2)21-18/h4-11H,3H2,1-2H3. The molecule has 4 aromatic rings. The van der Waals surface area contributed by atoms with Crippen molar-refractivity contribution in [2.45, 2.75) is 20.3 Å². The first kappa shape index (κ1) is 13.0. The number of furan rings is 1. The van der Waals surface area contributed by atoms with E-state index in [9.17, 15) is 0 Å². The fraction of sp³-hybridized carbons (Fsp3) is 0.158. The SMILES string of the molecule is CCc1ccnc(-c2cc3ccoc3c3nc(C)ccc23)c1. The van der Waals surface area contributed by atoms with Crippen LogP contribution in [0.25, 0.3) is 33.1 Å². The topological polar surface area (TPSA) is 38.9 Å². The Kier molecular flexibility index (Phi) is 2.93. The van der Waals surface area contributed by atoms with E-state index in [0.29, 0.717) is 0 Å². The maximum atomic E-state index is 5.64. The Morgan fingerprint density at radius 3 is 2.86 bits per heavy atom. The van der Waals surface area contributed by atoms with Crippen LogP contribution in [0, 0.1) is 6.92 Å². The van der Waals surface area contributed by atoms with Crippen LogP contribution in [0.1, 0.15) is 18.2 Å². The number of benzene rings is 1. The summed E-state index contributed by atoms with van der Waals surface area (Å²) in [6.07, 6.45) is 4.59. The van der Waals surface area contributed by atoms with Crippen LogP contribution in [-0.4, -0.2) is 9.97 Å². The molecule has 4 rings (SSSR count). The Bertz CT molecular complexity index is 985. The largest absolute Gasteiger partial charge is 0.462 e. The van der Waals surface area contributed by atoms with E-state index in [0.717, 1.165) is 45.2 Å². The fourth-order valence-electron chi connectivity index (χ4n) is 2.86. The predicted octanol–water partition coefficient (Wildman–Crippen LogP) is 4.91. The molecule has 0 saturated carbocycles. The molecule has 0 spiro atoms. The second kappa shape index (κ2) is 4.95. The van der Waals surface area contributed by atoms with Gasteiger partial charge in [-0.05, 0) is 49.2 Å². The van der Waals surface area contributed by atoms with Crippen molar-refractivity contribution in [1.29, 1.82) is 0 Å². The summed E-state index contributed by atoms with van der Waals surface area (Å²) in [5.74, 6) is 0. The summed E-state index contributed by atoms with van der Waals surface area (Å²) < 4.78 is 5.64. The smallest absolute Gasteiger partial charge is 0.160 e. The van der Waals surface area contributed by atoms with Gasteiger partial charge in [0.05, 0.1) is 12.0 Å². The second-order valence-corrected chi connectivity index (χ2v) is 5.51. The van der Waals surface area contributed by atoms with E-state index in [-0.39, 0.29) is 0 Å². The normalized spacial score (nSPS) is 11.4. The Morgan fingerprint density at radius 2 is 2.00 bits per heavy atom. The van der Waals surface area contributed by atoms with Crippen LogP contribution in [0.15, 0.2) is 53.3 Å². The van der Waals surface area contributed by atoms with Gasteiger partial charge in [0.1, 0.15) is 5.52 Å². The van der Waals surface area contributed by atoms with Crippen molar-refractivity contribution in [2.75, 3.05) is 0 Å². The van der Waals surface area contributed by atoms with Gasteiger partial charge >= 0.3 is 0 Å². The molecule has 3 heteroatoms. The number of rotatable bonds is 2. The fourth-order valence-corrected chi connectivity index (χ4v) is 2.86. The molecule has 0 fully saturated rings. The molecule has 3 heterocycles. The number of nitrogens with zero attached hydrogens (tertiary/aromatic N) is 2. The third kappa shape index (κ3) is 1.98. The molecule has 0 aliphatic carbocycles. The van der Waals surface area contributed by atoms with E-state index in [1.165, 1.54) is 5.56 Å². The first-order valence-electron chi connectivity index (χ1n) is 7.49. The average molecular weight is 288 g/mol. The van der Waals surface area contributed by atoms with Crippen LogP contribution < -0.4 is 0 Å². The third-order valence-electron chi connectivity index (χ3n) is 4.04. The Labute approximate surface area is 128 Å². The zero-order chi connectivity index (χ0) is 15.1. The van der Waals surface area contributed by atoms with E-state index in [1.54, 1.807) is 6.26 Å². The van der Waals surface area contributed by atoms with E-state index >= 15 is 0 Å². The molecule has 0 aliphatic rings. The lowest BCUT2D eigenvalue weighted by Crippen LogP contribution is -1.91. The molecule has 0 atom stereocenters. The van der Waals surface area contributed by atoms with Gasteiger partial charge in [-0.1, -0.05) is 13.0 Å². The summed E-state index contributed by atoms with van der Waals surface area (Å²) in [4.78, 5) is 9.25. The van der Waals surface area contributed by atoms with Crippen molar-refractivity contribution >= 4 is 21.9 Å². The zero-order valence-electron chi connectivity index (χ0n) is 12.6. The molecular formula is C19H16N2O. The van der Waals surface area contributed by atoms with Gasteiger partial charge in [0, 0.05) is 28.2 Å². The van der Waals surface area contributed by atoms with Crippen molar-refractivity contribution in [3.05, 3.63) is 60.1 Å². The molecule has 22 heavy (non-hydrogen) atoms. The summed E-state index contributed by atoms with van der Waals surface area (Å²) in [5.41, 5.74) is 6.10. The van der Waals surface area contributed by atoms with Crippen LogP contribution in [0.5, 0.6) is 0 Å². The summed E-state index contributed by atoms with van der Waals surface area (Å²) in [5, 5.41) is 2.14. The maximum Gasteiger partial charge on any atom is 0.160 e. The average Bonchev–Trinajstić information content (AvgIpc) is 3.03. The highest BCUT2D eigenvalue weighted by Crippen LogP contribution is 2.34. The number of hydrogen-bond acceptors (Lipinski definition) is 3. The minimum atomic E-state index is 0.842. The number of aromatic nitrogens is 2. The second-order valence-electron chi connectivity index (χ2n) is 5.51. The predicted molar refractivity (Wildman–Crippen MR) is 88.9 cm³/mol.